The fourth-order valence-electron chi connectivity index (χ4n) is 1.86. The van der Waals surface area contributed by atoms with Crippen molar-refractivity contribution in [1.29, 1.82) is 0 Å². The Balaban J connectivity index is 2.16. The Labute approximate surface area is 112 Å². The van der Waals surface area contributed by atoms with Crippen LogP contribution in [0.3, 0.4) is 0 Å². The molecule has 0 heterocycles. The lowest BCUT2D eigenvalue weighted by atomic mass is 10.0. The van der Waals surface area contributed by atoms with Gasteiger partial charge in [-0.05, 0) is 24.8 Å². The molecule has 19 heavy (non-hydrogen) atoms. The Kier molecular flexibility index (Phi) is 4.27. The number of rotatable bonds is 7. The lowest BCUT2D eigenvalue weighted by Crippen LogP contribution is -2.32. The van der Waals surface area contributed by atoms with Gasteiger partial charge >= 0.3 is 5.97 Å². The number of carboxylic acids is 1. The van der Waals surface area contributed by atoms with Gasteiger partial charge < -0.3 is 20.3 Å². The van der Waals surface area contributed by atoms with Crippen molar-refractivity contribution in [2.45, 2.75) is 25.3 Å². The van der Waals surface area contributed by atoms with Gasteiger partial charge in [-0.2, -0.15) is 0 Å². The summed E-state index contributed by atoms with van der Waals surface area (Å²) in [4.78, 5) is 10.8. The van der Waals surface area contributed by atoms with Gasteiger partial charge in [-0.3, -0.25) is 4.79 Å². The summed E-state index contributed by atoms with van der Waals surface area (Å²) in [5, 5.41) is 8.89. The first kappa shape index (κ1) is 13.7. The van der Waals surface area contributed by atoms with Crippen molar-refractivity contribution in [1.82, 2.24) is 0 Å². The first-order chi connectivity index (χ1) is 9.11. The minimum Gasteiger partial charge on any atom is -0.493 e. The number of para-hydroxylation sites is 1. The molecule has 1 aliphatic rings. The zero-order chi connectivity index (χ0) is 13.8. The molecular formula is C14H19NO4. The first-order valence-electron chi connectivity index (χ1n) is 6.39. The number of ether oxygens (including phenoxy) is 2. The Morgan fingerprint density at radius 2 is 2.26 bits per heavy atom. The van der Waals surface area contributed by atoms with Crippen LogP contribution in [0.5, 0.6) is 11.5 Å². The molecule has 1 aromatic carbocycles. The summed E-state index contributed by atoms with van der Waals surface area (Å²) in [5.74, 6) is 0.839. The van der Waals surface area contributed by atoms with E-state index in [9.17, 15) is 4.79 Å². The zero-order valence-corrected chi connectivity index (χ0v) is 11.0. The average molecular weight is 265 g/mol. The first-order valence-corrected chi connectivity index (χ1v) is 6.39. The van der Waals surface area contributed by atoms with E-state index in [2.05, 4.69) is 0 Å². The third-order valence-electron chi connectivity index (χ3n) is 3.20. The number of nitrogens with two attached hydrogens (primary N) is 1. The zero-order valence-electron chi connectivity index (χ0n) is 11.0. The van der Waals surface area contributed by atoms with Gasteiger partial charge in [0.25, 0.3) is 0 Å². The normalized spacial score (nSPS) is 15.9. The van der Waals surface area contributed by atoms with Gasteiger partial charge in [-0.1, -0.05) is 12.1 Å². The second kappa shape index (κ2) is 5.93. The molecule has 0 bridgehead atoms. The van der Waals surface area contributed by atoms with Crippen LogP contribution >= 0.6 is 0 Å². The molecular weight excluding hydrogens is 246 g/mol. The average Bonchev–Trinajstić information content (AvgIpc) is 3.20. The number of methoxy groups -OCH3 is 1. The highest BCUT2D eigenvalue weighted by Crippen LogP contribution is 2.35. The largest absolute Gasteiger partial charge is 0.493 e. The second-order valence-corrected chi connectivity index (χ2v) is 4.85. The molecule has 1 unspecified atom stereocenters. The number of carbonyl (C=O) groups is 1. The van der Waals surface area contributed by atoms with Crippen LogP contribution in [0.4, 0.5) is 0 Å². The van der Waals surface area contributed by atoms with Gasteiger partial charge in [0.1, 0.15) is 6.04 Å². The van der Waals surface area contributed by atoms with E-state index < -0.39 is 12.0 Å². The summed E-state index contributed by atoms with van der Waals surface area (Å²) < 4.78 is 11.1. The van der Waals surface area contributed by atoms with Crippen LogP contribution in [0, 0.1) is 5.92 Å². The number of aliphatic carboxylic acids is 1. The van der Waals surface area contributed by atoms with Crippen LogP contribution in [-0.2, 0) is 11.2 Å². The number of carboxylic acid groups (broad SMARTS) is 1. The molecule has 0 spiro atoms. The highest BCUT2D eigenvalue weighted by Gasteiger charge is 2.24. The van der Waals surface area contributed by atoms with E-state index in [1.807, 2.05) is 12.1 Å². The Morgan fingerprint density at radius 1 is 1.53 bits per heavy atom. The van der Waals surface area contributed by atoms with Crippen LogP contribution in [0.25, 0.3) is 0 Å². The van der Waals surface area contributed by atoms with Crippen LogP contribution < -0.4 is 15.2 Å². The van der Waals surface area contributed by atoms with E-state index >= 15 is 0 Å². The number of hydrogen-bond acceptors (Lipinski definition) is 4. The SMILES string of the molecule is COc1cccc(CC(N)C(=O)O)c1OCC1CC1. The van der Waals surface area contributed by atoms with Crippen LogP contribution in [0.1, 0.15) is 18.4 Å². The van der Waals surface area contributed by atoms with Crippen molar-refractivity contribution in [2.24, 2.45) is 11.7 Å². The summed E-state index contributed by atoms with van der Waals surface area (Å²) >= 11 is 0. The maximum Gasteiger partial charge on any atom is 0.320 e. The number of benzene rings is 1. The van der Waals surface area contributed by atoms with Gasteiger partial charge in [0.15, 0.2) is 11.5 Å². The van der Waals surface area contributed by atoms with E-state index in [-0.39, 0.29) is 6.42 Å². The molecule has 1 aliphatic carbocycles. The van der Waals surface area contributed by atoms with Gasteiger partial charge in [0.05, 0.1) is 13.7 Å². The third kappa shape index (κ3) is 3.61. The smallest absolute Gasteiger partial charge is 0.320 e. The predicted molar refractivity (Wildman–Crippen MR) is 70.5 cm³/mol. The molecule has 0 saturated heterocycles. The highest BCUT2D eigenvalue weighted by molar-refractivity contribution is 5.73. The lowest BCUT2D eigenvalue weighted by molar-refractivity contribution is -0.138. The molecule has 1 saturated carbocycles. The molecule has 1 aromatic rings. The standard InChI is InChI=1S/C14H19NO4/c1-18-12-4-2-3-10(7-11(15)14(16)17)13(12)19-8-9-5-6-9/h2-4,9,11H,5-8,15H2,1H3,(H,16,17). The van der Waals surface area contributed by atoms with Gasteiger partial charge in [0, 0.05) is 12.0 Å². The second-order valence-electron chi connectivity index (χ2n) is 4.85. The van der Waals surface area contributed by atoms with Gasteiger partial charge in [0.2, 0.25) is 0 Å². The predicted octanol–water partition coefficient (Wildman–Crippen LogP) is 1.44. The van der Waals surface area contributed by atoms with Gasteiger partial charge in [-0.25, -0.2) is 0 Å². The number of hydrogen-bond donors (Lipinski definition) is 2. The molecule has 1 atom stereocenters. The highest BCUT2D eigenvalue weighted by atomic mass is 16.5. The molecule has 2 rings (SSSR count). The molecule has 5 heteroatoms. The van der Waals surface area contributed by atoms with Crippen molar-refractivity contribution >= 4 is 5.97 Å². The van der Waals surface area contributed by atoms with Crippen LogP contribution in [0.15, 0.2) is 18.2 Å². The van der Waals surface area contributed by atoms with Crippen molar-refractivity contribution in [3.63, 3.8) is 0 Å². The molecule has 0 radical (unpaired) electrons. The molecule has 0 amide bonds. The summed E-state index contributed by atoms with van der Waals surface area (Å²) in [6, 6.07) is 4.51. The minimum absolute atomic E-state index is 0.229. The molecule has 104 valence electrons. The quantitative estimate of drug-likeness (QED) is 0.779. The monoisotopic (exact) mass is 265 g/mol. The van der Waals surface area contributed by atoms with E-state index in [1.165, 1.54) is 12.8 Å². The molecule has 1 fully saturated rings. The fraction of sp³-hybridized carbons (Fsp3) is 0.500. The van der Waals surface area contributed by atoms with Crippen LogP contribution in [-0.4, -0.2) is 30.8 Å². The van der Waals surface area contributed by atoms with E-state index in [4.69, 9.17) is 20.3 Å². The topological polar surface area (TPSA) is 81.8 Å². The molecule has 3 N–H and O–H groups in total. The Morgan fingerprint density at radius 3 is 2.84 bits per heavy atom. The van der Waals surface area contributed by atoms with Crippen molar-refractivity contribution < 1.29 is 19.4 Å². The lowest BCUT2D eigenvalue weighted by Gasteiger charge is -2.16. The maximum absolute atomic E-state index is 10.8. The fourth-order valence-corrected chi connectivity index (χ4v) is 1.86. The Hall–Kier alpha value is -1.75. The van der Waals surface area contributed by atoms with Crippen molar-refractivity contribution in [3.05, 3.63) is 23.8 Å². The van der Waals surface area contributed by atoms with Crippen molar-refractivity contribution in [3.8, 4) is 11.5 Å². The summed E-state index contributed by atoms with van der Waals surface area (Å²) in [7, 11) is 1.57. The third-order valence-corrected chi connectivity index (χ3v) is 3.20. The summed E-state index contributed by atoms with van der Waals surface area (Å²) in [5.41, 5.74) is 6.35. The van der Waals surface area contributed by atoms with E-state index in [1.54, 1.807) is 13.2 Å². The molecule has 0 aliphatic heterocycles. The minimum atomic E-state index is -1.02. The van der Waals surface area contributed by atoms with E-state index in [0.29, 0.717) is 24.0 Å². The molecule has 0 aromatic heterocycles. The van der Waals surface area contributed by atoms with Gasteiger partial charge in [-0.15, -0.1) is 0 Å². The Bertz CT molecular complexity index is 457. The maximum atomic E-state index is 10.8. The van der Waals surface area contributed by atoms with Crippen molar-refractivity contribution in [2.75, 3.05) is 13.7 Å². The summed E-state index contributed by atoms with van der Waals surface area (Å²) in [6.07, 6.45) is 2.62. The van der Waals surface area contributed by atoms with E-state index in [0.717, 1.165) is 5.56 Å². The van der Waals surface area contributed by atoms with Crippen LogP contribution in [0.2, 0.25) is 0 Å². The summed E-state index contributed by atoms with van der Waals surface area (Å²) in [6.45, 7) is 0.648. The molecule has 5 nitrogen and oxygen atoms in total.